The molecule has 4 aromatic rings. The Morgan fingerprint density at radius 2 is 1.88 bits per heavy atom. The third-order valence-electron chi connectivity index (χ3n) is 8.25. The Labute approximate surface area is 257 Å². The summed E-state index contributed by atoms with van der Waals surface area (Å²) in [4.78, 5) is 42.7. The van der Waals surface area contributed by atoms with Gasteiger partial charge < -0.3 is 19.8 Å². The van der Waals surface area contributed by atoms with Crippen LogP contribution in [-0.2, 0) is 16.0 Å². The number of nitrogens with zero attached hydrogens (tertiary/aromatic N) is 9. The predicted octanol–water partition coefficient (Wildman–Crippen LogP) is 3.48. The van der Waals surface area contributed by atoms with Crippen LogP contribution >= 0.6 is 22.7 Å². The van der Waals surface area contributed by atoms with Crippen LogP contribution in [0.4, 0.5) is 16.1 Å². The van der Waals surface area contributed by atoms with Gasteiger partial charge in [0.15, 0.2) is 10.9 Å². The minimum Gasteiger partial charge on any atom is -0.481 e. The zero-order chi connectivity index (χ0) is 30.4. The van der Waals surface area contributed by atoms with Crippen LogP contribution in [0.5, 0.6) is 0 Å². The first-order valence-corrected chi connectivity index (χ1v) is 15.9. The number of hydrogen-bond donors (Lipinski definition) is 1. The molecule has 1 amide bonds. The van der Waals surface area contributed by atoms with Crippen LogP contribution in [0, 0.1) is 24.2 Å². The number of thiazole rings is 1. The lowest BCUT2D eigenvalue weighted by Gasteiger charge is -2.38. The summed E-state index contributed by atoms with van der Waals surface area (Å²) in [5.74, 6) is -0.486. The number of amides is 1. The van der Waals surface area contributed by atoms with Gasteiger partial charge in [-0.25, -0.2) is 9.97 Å². The van der Waals surface area contributed by atoms with Gasteiger partial charge in [-0.3, -0.25) is 14.5 Å². The molecular formula is C29H33N9O3S2. The lowest BCUT2D eigenvalue weighted by Crippen LogP contribution is -2.55. The second-order valence-corrected chi connectivity index (χ2v) is 13.1. The predicted molar refractivity (Wildman–Crippen MR) is 166 cm³/mol. The molecule has 2 aliphatic rings. The van der Waals surface area contributed by atoms with Gasteiger partial charge in [0.2, 0.25) is 16.0 Å². The van der Waals surface area contributed by atoms with Gasteiger partial charge in [0.1, 0.15) is 16.6 Å². The molecule has 2 fully saturated rings. The maximum atomic E-state index is 12.6. The third kappa shape index (κ3) is 5.44. The fraction of sp³-hybridized carbons (Fsp3) is 0.448. The van der Waals surface area contributed by atoms with E-state index >= 15 is 0 Å². The average Bonchev–Trinajstić information content (AvgIpc) is 3.74. The van der Waals surface area contributed by atoms with Crippen LogP contribution < -0.4 is 9.80 Å². The minimum absolute atomic E-state index is 0.0294. The molecule has 0 radical (unpaired) electrons. The van der Waals surface area contributed by atoms with Crippen molar-refractivity contribution in [2.75, 3.05) is 56.6 Å². The van der Waals surface area contributed by atoms with E-state index < -0.39 is 11.9 Å². The number of fused-ring (bicyclic) bond motifs is 1. The molecule has 3 aromatic heterocycles. The maximum Gasteiger partial charge on any atom is 0.310 e. The summed E-state index contributed by atoms with van der Waals surface area (Å²) in [6, 6.07) is 10.5. The molecule has 6 rings (SSSR count). The number of carbonyl (C=O) groups excluding carboxylic acids is 1. The molecule has 224 valence electrons. The highest BCUT2D eigenvalue weighted by Crippen LogP contribution is 2.38. The van der Waals surface area contributed by atoms with Crippen LogP contribution in [0.3, 0.4) is 0 Å². The van der Waals surface area contributed by atoms with E-state index in [1.54, 1.807) is 4.90 Å². The van der Waals surface area contributed by atoms with Crippen molar-refractivity contribution in [3.05, 3.63) is 40.4 Å². The highest BCUT2D eigenvalue weighted by Gasteiger charge is 2.37. The van der Waals surface area contributed by atoms with Crippen LogP contribution in [-0.4, -0.2) is 99.2 Å². The van der Waals surface area contributed by atoms with E-state index in [1.165, 1.54) is 22.7 Å². The first-order valence-electron chi connectivity index (χ1n) is 14.2. The SMILES string of the molecule is CCc1nc2sc(N3CC[C@H](N(C)CC(=O)N4CC(C(=O)O)C4)C3)nn2c1N(C)c1nc(-c2ccc(C)cc2)c(C#N)s1. The van der Waals surface area contributed by atoms with Crippen LogP contribution in [0.15, 0.2) is 24.3 Å². The third-order valence-corrected chi connectivity index (χ3v) is 10.3. The number of aromatic nitrogens is 4. The number of carboxylic acids is 1. The van der Waals surface area contributed by atoms with Crippen LogP contribution in [0.1, 0.15) is 29.5 Å². The van der Waals surface area contributed by atoms with Gasteiger partial charge in [0, 0.05) is 44.8 Å². The number of anilines is 3. The second-order valence-electron chi connectivity index (χ2n) is 11.2. The molecule has 2 saturated heterocycles. The Kier molecular flexibility index (Phi) is 7.80. The Hall–Kier alpha value is -4.06. The molecule has 0 spiro atoms. The quantitative estimate of drug-likeness (QED) is 0.297. The highest BCUT2D eigenvalue weighted by atomic mass is 32.1. The molecule has 14 heteroatoms. The van der Waals surface area contributed by atoms with Crippen molar-refractivity contribution in [1.29, 1.82) is 5.26 Å². The van der Waals surface area contributed by atoms with Crippen molar-refractivity contribution < 1.29 is 14.7 Å². The first kappa shape index (κ1) is 29.0. The normalized spacial score (nSPS) is 17.1. The zero-order valence-corrected chi connectivity index (χ0v) is 26.2. The summed E-state index contributed by atoms with van der Waals surface area (Å²) >= 11 is 2.89. The molecule has 0 saturated carbocycles. The van der Waals surface area contributed by atoms with Gasteiger partial charge in [-0.2, -0.15) is 9.78 Å². The van der Waals surface area contributed by atoms with E-state index in [-0.39, 0.29) is 18.5 Å². The number of benzene rings is 1. The second kappa shape index (κ2) is 11.6. The highest BCUT2D eigenvalue weighted by molar-refractivity contribution is 7.20. The van der Waals surface area contributed by atoms with E-state index in [2.05, 4.69) is 22.8 Å². The Morgan fingerprint density at radius 3 is 2.56 bits per heavy atom. The standard InChI is InChI=1S/C29H33N9O3S2/c1-5-21-25(35(4)27-32-24(22(12-30)42-27)18-8-6-17(2)7-9-18)38-28(31-21)43-29(33-38)36-11-10-20(15-36)34(3)16-23(39)37-13-19(14-37)26(40)41/h6-9,19-20H,5,10-11,13-16H2,1-4H3,(H,40,41)/t20-/m0/s1. The fourth-order valence-electron chi connectivity index (χ4n) is 5.55. The Bertz CT molecular complexity index is 1710. The molecule has 0 aliphatic carbocycles. The monoisotopic (exact) mass is 619 g/mol. The topological polar surface area (TPSA) is 134 Å². The number of nitriles is 1. The van der Waals surface area contributed by atoms with E-state index in [0.29, 0.717) is 28.8 Å². The summed E-state index contributed by atoms with van der Waals surface area (Å²) in [5, 5.41) is 25.5. The maximum absolute atomic E-state index is 12.6. The Balaban J connectivity index is 1.19. The molecule has 43 heavy (non-hydrogen) atoms. The lowest BCUT2D eigenvalue weighted by molar-refractivity contribution is -0.153. The Morgan fingerprint density at radius 1 is 1.14 bits per heavy atom. The first-order chi connectivity index (χ1) is 20.7. The van der Waals surface area contributed by atoms with E-state index in [4.69, 9.17) is 20.2 Å². The lowest BCUT2D eigenvalue weighted by atomic mass is 10.0. The van der Waals surface area contributed by atoms with Crippen molar-refractivity contribution in [2.24, 2.45) is 5.92 Å². The van der Waals surface area contributed by atoms with Crippen molar-refractivity contribution in [3.8, 4) is 17.3 Å². The largest absolute Gasteiger partial charge is 0.481 e. The molecule has 5 heterocycles. The number of imidazole rings is 1. The smallest absolute Gasteiger partial charge is 0.310 e. The fourth-order valence-corrected chi connectivity index (χ4v) is 7.35. The molecule has 1 aromatic carbocycles. The zero-order valence-electron chi connectivity index (χ0n) is 24.5. The number of aliphatic carboxylic acids is 1. The average molecular weight is 620 g/mol. The van der Waals surface area contributed by atoms with Gasteiger partial charge in [-0.1, -0.05) is 59.4 Å². The number of carbonyl (C=O) groups is 2. The molecule has 1 N–H and O–H groups in total. The number of hydrogen-bond acceptors (Lipinski definition) is 11. The number of carboxylic acid groups (broad SMARTS) is 1. The number of likely N-dealkylation sites (tertiary alicyclic amines) is 1. The van der Waals surface area contributed by atoms with Gasteiger partial charge >= 0.3 is 5.97 Å². The van der Waals surface area contributed by atoms with Gasteiger partial charge in [-0.05, 0) is 26.8 Å². The van der Waals surface area contributed by atoms with Gasteiger partial charge in [0.25, 0.3) is 0 Å². The molecule has 12 nitrogen and oxygen atoms in total. The van der Waals surface area contributed by atoms with Crippen LogP contribution in [0.25, 0.3) is 16.2 Å². The van der Waals surface area contributed by atoms with Crippen LogP contribution in [0.2, 0.25) is 0 Å². The van der Waals surface area contributed by atoms with Crippen molar-refractivity contribution in [1.82, 2.24) is 29.4 Å². The summed E-state index contributed by atoms with van der Waals surface area (Å²) < 4.78 is 1.88. The molecule has 2 aliphatic heterocycles. The number of aryl methyl sites for hydroxylation is 2. The molecule has 1 atom stereocenters. The number of rotatable bonds is 9. The summed E-state index contributed by atoms with van der Waals surface area (Å²) in [6.07, 6.45) is 1.62. The molecule has 0 bridgehead atoms. The van der Waals surface area contributed by atoms with E-state index in [9.17, 15) is 14.9 Å². The van der Waals surface area contributed by atoms with E-state index in [1.807, 2.05) is 54.7 Å². The van der Waals surface area contributed by atoms with Gasteiger partial charge in [-0.15, -0.1) is 5.10 Å². The summed E-state index contributed by atoms with van der Waals surface area (Å²) in [6.45, 7) is 6.50. The van der Waals surface area contributed by atoms with E-state index in [0.717, 1.165) is 58.7 Å². The van der Waals surface area contributed by atoms with Crippen molar-refractivity contribution >= 4 is 55.6 Å². The molecule has 0 unspecified atom stereocenters. The number of likely N-dealkylation sites (N-methyl/N-ethyl adjacent to an activating group) is 1. The molecular weight excluding hydrogens is 587 g/mol. The van der Waals surface area contributed by atoms with Crippen molar-refractivity contribution in [2.45, 2.75) is 32.7 Å². The summed E-state index contributed by atoms with van der Waals surface area (Å²) in [7, 11) is 3.89. The van der Waals surface area contributed by atoms with Crippen molar-refractivity contribution in [3.63, 3.8) is 0 Å². The van der Waals surface area contributed by atoms with Gasteiger partial charge in [0.05, 0.1) is 18.2 Å². The summed E-state index contributed by atoms with van der Waals surface area (Å²) in [5.41, 5.74) is 3.64. The minimum atomic E-state index is -0.843.